The Morgan fingerprint density at radius 3 is 1.76 bits per heavy atom. The maximum atomic E-state index is 13.7. The van der Waals surface area contributed by atoms with E-state index in [1.54, 1.807) is 0 Å². The lowest BCUT2D eigenvalue weighted by Gasteiger charge is -2.42. The maximum Gasteiger partial charge on any atom is 0.330 e. The summed E-state index contributed by atoms with van der Waals surface area (Å²) in [6.07, 6.45) is -12.0. The Morgan fingerprint density at radius 2 is 1.25 bits per heavy atom. The van der Waals surface area contributed by atoms with Crippen LogP contribution in [-0.4, -0.2) is 161 Å². The molecule has 0 aliphatic carbocycles. The minimum absolute atomic E-state index is 0.00992. The number of rotatable bonds is 5. The molecule has 6 amide bonds. The molecular weight excluding hydrogens is 1020 g/mol. The molecule has 0 radical (unpaired) electrons. The van der Waals surface area contributed by atoms with Gasteiger partial charge in [-0.05, 0) is 0 Å². The fourth-order valence-electron chi connectivity index (χ4n) is 6.23. The lowest BCUT2D eigenvalue weighted by molar-refractivity contribution is -0.172. The molecule has 6 aliphatic rings. The summed E-state index contributed by atoms with van der Waals surface area (Å²) >= 11 is 29.1. The highest BCUT2D eigenvalue weighted by atomic mass is 36.5. The molecule has 6 fully saturated rings. The van der Waals surface area contributed by atoms with Crippen molar-refractivity contribution in [3.8, 4) is 0 Å². The van der Waals surface area contributed by atoms with Crippen LogP contribution in [0, 0.1) is 0 Å². The number of carbonyl (C=O) groups is 6. The van der Waals surface area contributed by atoms with E-state index in [1.807, 2.05) is 15.6 Å². The normalized spacial score (nSPS) is 32.3. The summed E-state index contributed by atoms with van der Waals surface area (Å²) in [6.45, 7) is 0.935. The van der Waals surface area contributed by atoms with E-state index in [0.717, 1.165) is 34.4 Å². The molecule has 6 aliphatic heterocycles. The first-order valence-corrected chi connectivity index (χ1v) is 20.7. The van der Waals surface area contributed by atoms with Gasteiger partial charge in [-0.1, -0.05) is 58.0 Å². The van der Waals surface area contributed by atoms with Gasteiger partial charge in [-0.25, -0.2) is 27.6 Å². The zero-order chi connectivity index (χ0) is 47.9. The van der Waals surface area contributed by atoms with Crippen LogP contribution < -0.4 is 21.9 Å². The first-order chi connectivity index (χ1) is 29.3. The number of nitrogens with one attached hydrogen (secondary N) is 3. The average molecular weight is 1050 g/mol. The van der Waals surface area contributed by atoms with Crippen molar-refractivity contribution in [3.05, 3.63) is 32.1 Å². The van der Waals surface area contributed by atoms with Gasteiger partial charge in [0.1, 0.15) is 60.5 Å². The van der Waals surface area contributed by atoms with Crippen molar-refractivity contribution in [1.82, 2.24) is 30.0 Å². The van der Waals surface area contributed by atoms with Crippen LogP contribution in [0.4, 0.5) is 22.8 Å². The van der Waals surface area contributed by atoms with Gasteiger partial charge in [-0.2, -0.15) is 0 Å². The topological polar surface area (TPSA) is 295 Å². The molecule has 1 aromatic heterocycles. The molecule has 356 valence electrons. The third kappa shape index (κ3) is 12.9. The number of fused-ring (bicyclic) bond motifs is 4. The number of aliphatic carboxylic acids is 1. The van der Waals surface area contributed by atoms with Gasteiger partial charge in [0.25, 0.3) is 27.7 Å². The van der Waals surface area contributed by atoms with Crippen molar-refractivity contribution in [2.75, 3.05) is 19.8 Å². The molecule has 6 saturated heterocycles. The molecule has 11 unspecified atom stereocenters. The monoisotopic (exact) mass is 1050 g/mol. The fraction of sp³-hybridized carbons (Fsp3) is 0.677. The summed E-state index contributed by atoms with van der Waals surface area (Å²) in [5, 5.41) is 28.9. The average Bonchev–Trinajstić information content (AvgIpc) is 3.83. The number of urea groups is 2. The number of ether oxygens (including phenoxy) is 5. The number of alkyl halides is 7. The van der Waals surface area contributed by atoms with Crippen LogP contribution in [0.1, 0.15) is 39.3 Å². The van der Waals surface area contributed by atoms with E-state index in [2.05, 4.69) is 21.7 Å². The minimum Gasteiger partial charge on any atom is -0.481 e. The van der Waals surface area contributed by atoms with Gasteiger partial charge in [-0.3, -0.25) is 54.0 Å². The maximum absolute atomic E-state index is 13.7. The van der Waals surface area contributed by atoms with Crippen LogP contribution in [0.5, 0.6) is 0 Å². The summed E-state index contributed by atoms with van der Waals surface area (Å²) in [4.78, 5) is 93.5. The quantitative estimate of drug-likeness (QED) is 0.181. The number of H-pyrrole nitrogens is 1. The molecule has 2 bridgehead atoms. The van der Waals surface area contributed by atoms with Gasteiger partial charge in [-0.15, -0.1) is 0 Å². The summed E-state index contributed by atoms with van der Waals surface area (Å²) in [5.41, 5.74) is -1.43. The van der Waals surface area contributed by atoms with E-state index in [4.69, 9.17) is 102 Å². The standard InChI is InChI=1S/C11H13Cl2FN2O6.C9H9Cl2FN2O4.C9H10ClFN2O4.C2H4O2.Cl2/c1-4(18)21-9-11(12,13)8(19)15-10(20)16(9)7-2-5(14)6(3-17)22-7;10-9(11)6(15)13-8(16)14-5-1-3(12)4(18-5)2-17-7(9)14;10-4-2-13(9(16)12-8(4)15)7-1-5(11)6(3-14)17-7;1-2(3)4;1-2/h5-7,9,17H,2-3H2,1H3,(H,15,19,20);3-5,7H,1-2H2,(H,13,15,16);2,5-7,14H,1,3H2,(H,12,15,16);1H3,(H,3,4);. The Labute approximate surface area is 386 Å². The van der Waals surface area contributed by atoms with Gasteiger partial charge in [0.2, 0.25) is 10.6 Å². The third-order valence-corrected chi connectivity index (χ3v) is 10.7. The summed E-state index contributed by atoms with van der Waals surface area (Å²) in [5.74, 6) is -3.61. The first-order valence-electron chi connectivity index (χ1n) is 17.6. The molecule has 6 N–H and O–H groups in total. The Kier molecular flexibility index (Phi) is 19.9. The van der Waals surface area contributed by atoms with Gasteiger partial charge in [0, 0.05) is 61.0 Å². The number of imide groups is 2. The van der Waals surface area contributed by atoms with E-state index in [9.17, 15) is 46.7 Å². The number of nitrogens with zero attached hydrogens (tertiary/aromatic N) is 3. The second-order valence-electron chi connectivity index (χ2n) is 13.4. The Bertz CT molecular complexity index is 1970. The number of aromatic nitrogens is 2. The minimum atomic E-state index is -2.29. The number of hydrogen-bond acceptors (Lipinski definition) is 15. The molecule has 0 saturated carbocycles. The van der Waals surface area contributed by atoms with Crippen LogP contribution >= 0.6 is 79.7 Å². The van der Waals surface area contributed by atoms with Crippen molar-refractivity contribution in [2.24, 2.45) is 0 Å². The van der Waals surface area contributed by atoms with Crippen LogP contribution in [0.25, 0.3) is 0 Å². The zero-order valence-corrected chi connectivity index (χ0v) is 37.2. The van der Waals surface area contributed by atoms with E-state index in [-0.39, 0.29) is 30.9 Å². The largest absolute Gasteiger partial charge is 0.481 e. The van der Waals surface area contributed by atoms with Gasteiger partial charge >= 0.3 is 23.7 Å². The number of carboxylic acids is 1. The van der Waals surface area contributed by atoms with E-state index >= 15 is 0 Å². The number of amides is 6. The van der Waals surface area contributed by atoms with Crippen LogP contribution in [0.15, 0.2) is 15.8 Å². The number of aromatic amines is 1. The molecule has 1 aromatic rings. The number of halogens is 10. The van der Waals surface area contributed by atoms with Crippen molar-refractivity contribution < 1.29 is 80.9 Å². The highest BCUT2D eigenvalue weighted by Gasteiger charge is 2.60. The Balaban J connectivity index is 0.000000238. The van der Waals surface area contributed by atoms with E-state index in [1.165, 1.54) is 0 Å². The summed E-state index contributed by atoms with van der Waals surface area (Å²) < 4.78 is 63.1. The van der Waals surface area contributed by atoms with Crippen molar-refractivity contribution in [1.29, 1.82) is 0 Å². The predicted molar refractivity (Wildman–Crippen MR) is 210 cm³/mol. The van der Waals surface area contributed by atoms with Gasteiger partial charge in [0.05, 0.1) is 19.8 Å². The molecule has 7 heterocycles. The SMILES string of the molecule is CC(=O)O.CC(=O)OC1N(C2CC(F)C(CO)O2)C(=O)NC(=O)C1(Cl)Cl.ClCl.O=C1NC(=O)C(Cl)(Cl)C2OCC3OC(CC3F)N12.O=c1[nH]c(=O)n(C2CC(F)C(CO)O2)cc1Cl. The number of carboxylic acid groups (broad SMARTS) is 1. The van der Waals surface area contributed by atoms with Gasteiger partial charge in [0.15, 0.2) is 6.23 Å². The van der Waals surface area contributed by atoms with Crippen molar-refractivity contribution in [2.45, 2.75) is 110 Å². The Morgan fingerprint density at radius 1 is 0.794 bits per heavy atom. The van der Waals surface area contributed by atoms with Crippen LogP contribution in [-0.2, 0) is 42.9 Å². The number of carbonyl (C=O) groups excluding carboxylic acids is 5. The molecule has 7 rings (SSSR count). The highest BCUT2D eigenvalue weighted by Crippen LogP contribution is 2.41. The molecule has 0 aromatic carbocycles. The Hall–Kier alpha value is -2.92. The highest BCUT2D eigenvalue weighted by molar-refractivity contribution is 6.85. The number of aliphatic hydroxyl groups excluding tert-OH is 2. The lowest BCUT2D eigenvalue weighted by Crippen LogP contribution is -2.68. The van der Waals surface area contributed by atoms with Crippen LogP contribution in [0.2, 0.25) is 5.02 Å². The smallest absolute Gasteiger partial charge is 0.330 e. The molecule has 22 nitrogen and oxygen atoms in total. The number of esters is 1. The molecular formula is C31H36Cl7F3N6O16. The van der Waals surface area contributed by atoms with Gasteiger partial charge < -0.3 is 39.0 Å². The zero-order valence-electron chi connectivity index (χ0n) is 31.9. The first kappa shape index (κ1) is 54.4. The molecule has 32 heteroatoms. The molecule has 11 atom stereocenters. The summed E-state index contributed by atoms with van der Waals surface area (Å²) in [6, 6.07) is -1.74. The van der Waals surface area contributed by atoms with E-state index in [0.29, 0.717) is 0 Å². The second-order valence-corrected chi connectivity index (χ2v) is 16.6. The number of aliphatic hydroxyl groups is 2. The van der Waals surface area contributed by atoms with Crippen molar-refractivity contribution in [3.63, 3.8) is 0 Å². The van der Waals surface area contributed by atoms with E-state index < -0.39 is 137 Å². The second kappa shape index (κ2) is 23.0. The lowest BCUT2D eigenvalue weighted by atomic mass is 10.1. The molecule has 0 spiro atoms. The summed E-state index contributed by atoms with van der Waals surface area (Å²) in [7, 11) is 8.22. The fourth-order valence-corrected chi connectivity index (χ4v) is 7.21. The molecule has 63 heavy (non-hydrogen) atoms. The predicted octanol–water partition coefficient (Wildman–Crippen LogP) is 1.85. The van der Waals surface area contributed by atoms with Crippen molar-refractivity contribution >= 4 is 116 Å². The van der Waals surface area contributed by atoms with Crippen LogP contribution in [0.3, 0.4) is 0 Å². The third-order valence-electron chi connectivity index (χ3n) is 9.04. The number of hydrogen-bond donors (Lipinski definition) is 6.